The summed E-state index contributed by atoms with van der Waals surface area (Å²) in [7, 11) is 0. The van der Waals surface area contributed by atoms with E-state index in [9.17, 15) is 14.9 Å². The smallest absolute Gasteiger partial charge is 0.308 e. The van der Waals surface area contributed by atoms with Gasteiger partial charge >= 0.3 is 5.69 Å². The molecule has 0 fully saturated rings. The first-order valence-corrected chi connectivity index (χ1v) is 8.33. The molecular weight excluding hydrogens is 328 g/mol. The van der Waals surface area contributed by atoms with E-state index in [1.165, 1.54) is 13.0 Å². The highest BCUT2D eigenvalue weighted by atomic mass is 32.1. The van der Waals surface area contributed by atoms with Crippen LogP contribution in [0, 0.1) is 10.1 Å². The molecule has 7 nitrogen and oxygen atoms in total. The largest absolute Gasteiger partial charge is 0.372 e. The summed E-state index contributed by atoms with van der Waals surface area (Å²) in [5, 5.41) is 19.2. The third-order valence-corrected chi connectivity index (χ3v) is 4.58. The van der Waals surface area contributed by atoms with Crippen molar-refractivity contribution in [1.82, 2.24) is 0 Å². The van der Waals surface area contributed by atoms with Crippen LogP contribution in [0.5, 0.6) is 0 Å². The van der Waals surface area contributed by atoms with Crippen LogP contribution >= 0.6 is 11.3 Å². The van der Waals surface area contributed by atoms with E-state index in [0.29, 0.717) is 10.6 Å². The molecule has 0 unspecified atom stereocenters. The van der Waals surface area contributed by atoms with Crippen molar-refractivity contribution in [2.45, 2.75) is 20.8 Å². The lowest BCUT2D eigenvalue weighted by Gasteiger charge is -2.20. The molecular formula is C16H18N4O3S. The number of azo groups is 1. The number of carbonyl (C=O) groups excluding carboxylic acids is 1. The number of thiophene rings is 1. The Hall–Kier alpha value is -2.61. The molecule has 8 heteroatoms. The number of ketones is 1. The van der Waals surface area contributed by atoms with E-state index in [1.54, 1.807) is 0 Å². The van der Waals surface area contributed by atoms with Crippen LogP contribution in [0.2, 0.25) is 0 Å². The number of rotatable bonds is 7. The lowest BCUT2D eigenvalue weighted by molar-refractivity contribution is -0.383. The molecule has 2 aromatic rings. The van der Waals surface area contributed by atoms with E-state index in [1.807, 2.05) is 24.3 Å². The van der Waals surface area contributed by atoms with Crippen LogP contribution in [0.15, 0.2) is 40.6 Å². The van der Waals surface area contributed by atoms with Crippen molar-refractivity contribution >= 4 is 39.2 Å². The maximum absolute atomic E-state index is 11.4. The Morgan fingerprint density at radius 3 is 2.33 bits per heavy atom. The van der Waals surface area contributed by atoms with E-state index in [2.05, 4.69) is 29.0 Å². The lowest BCUT2D eigenvalue weighted by Crippen LogP contribution is -2.21. The summed E-state index contributed by atoms with van der Waals surface area (Å²) in [6, 6.07) is 8.73. The van der Waals surface area contributed by atoms with E-state index >= 15 is 0 Å². The Morgan fingerprint density at radius 1 is 1.21 bits per heavy atom. The summed E-state index contributed by atoms with van der Waals surface area (Å²) in [5.74, 6) is -0.229. The van der Waals surface area contributed by atoms with Crippen molar-refractivity contribution in [2.24, 2.45) is 10.2 Å². The molecule has 0 aliphatic rings. The van der Waals surface area contributed by atoms with Crippen LogP contribution < -0.4 is 4.90 Å². The Balaban J connectivity index is 2.24. The summed E-state index contributed by atoms with van der Waals surface area (Å²) in [5.41, 5.74) is 1.48. The van der Waals surface area contributed by atoms with Gasteiger partial charge in [-0.15, -0.1) is 21.6 Å². The molecule has 0 spiro atoms. The Bertz CT molecular complexity index is 764. The molecule has 0 aliphatic carbocycles. The van der Waals surface area contributed by atoms with Gasteiger partial charge in [0.15, 0.2) is 5.78 Å². The maximum atomic E-state index is 11.4. The summed E-state index contributed by atoms with van der Waals surface area (Å²) in [4.78, 5) is 24.4. The topological polar surface area (TPSA) is 88.2 Å². The van der Waals surface area contributed by atoms with Gasteiger partial charge in [-0.25, -0.2) is 0 Å². The summed E-state index contributed by atoms with van der Waals surface area (Å²) < 4.78 is 0. The first-order valence-electron chi connectivity index (χ1n) is 7.52. The summed E-state index contributed by atoms with van der Waals surface area (Å²) in [6.07, 6.45) is 0. The van der Waals surface area contributed by atoms with Gasteiger partial charge in [0.2, 0.25) is 5.00 Å². The van der Waals surface area contributed by atoms with Crippen molar-refractivity contribution in [2.75, 3.05) is 18.0 Å². The Labute approximate surface area is 143 Å². The zero-order valence-electron chi connectivity index (χ0n) is 13.7. The molecule has 0 bridgehead atoms. The Kier molecular flexibility index (Phi) is 5.75. The van der Waals surface area contributed by atoms with Crippen molar-refractivity contribution < 1.29 is 9.72 Å². The van der Waals surface area contributed by atoms with Gasteiger partial charge in [0.05, 0.1) is 15.5 Å². The molecule has 1 aromatic heterocycles. The van der Waals surface area contributed by atoms with Crippen LogP contribution in [-0.4, -0.2) is 23.8 Å². The zero-order valence-corrected chi connectivity index (χ0v) is 14.5. The van der Waals surface area contributed by atoms with Gasteiger partial charge in [-0.1, -0.05) is 0 Å². The number of Topliss-reactive ketones (excluding diaryl/α,β-unsaturated/α-hetero) is 1. The number of hydrogen-bond donors (Lipinski definition) is 0. The van der Waals surface area contributed by atoms with Gasteiger partial charge < -0.3 is 4.90 Å². The average Bonchev–Trinajstić information content (AvgIpc) is 3.00. The highest BCUT2D eigenvalue weighted by Crippen LogP contribution is 2.38. The monoisotopic (exact) mass is 346 g/mol. The van der Waals surface area contributed by atoms with Gasteiger partial charge in [-0.3, -0.25) is 14.9 Å². The molecule has 126 valence electrons. The van der Waals surface area contributed by atoms with Crippen LogP contribution in [0.25, 0.3) is 0 Å². The molecule has 0 N–H and O–H groups in total. The molecule has 0 saturated carbocycles. The van der Waals surface area contributed by atoms with E-state index in [4.69, 9.17) is 0 Å². The number of nitro groups is 1. The van der Waals surface area contributed by atoms with E-state index in [-0.39, 0.29) is 16.5 Å². The predicted octanol–water partition coefficient (Wildman–Crippen LogP) is 5.12. The second-order valence-electron chi connectivity index (χ2n) is 5.00. The Morgan fingerprint density at radius 2 is 1.83 bits per heavy atom. The van der Waals surface area contributed by atoms with Crippen molar-refractivity contribution in [3.05, 3.63) is 45.3 Å². The minimum atomic E-state index is -0.555. The minimum absolute atomic E-state index is 0.123. The number of carbonyl (C=O) groups is 1. The third-order valence-electron chi connectivity index (χ3n) is 3.47. The maximum Gasteiger partial charge on any atom is 0.308 e. The van der Waals surface area contributed by atoms with Gasteiger partial charge in [0.25, 0.3) is 0 Å². The number of hydrogen-bond acceptors (Lipinski definition) is 7. The van der Waals surface area contributed by atoms with Crippen LogP contribution in [0.1, 0.15) is 30.4 Å². The zero-order chi connectivity index (χ0) is 17.7. The average molecular weight is 346 g/mol. The van der Waals surface area contributed by atoms with Gasteiger partial charge in [0, 0.05) is 24.8 Å². The van der Waals surface area contributed by atoms with Crippen LogP contribution in [0.3, 0.4) is 0 Å². The molecule has 1 aromatic carbocycles. The van der Waals surface area contributed by atoms with Gasteiger partial charge in [-0.2, -0.15) is 0 Å². The predicted molar refractivity (Wildman–Crippen MR) is 95.2 cm³/mol. The molecule has 0 saturated heterocycles. The third kappa shape index (κ3) is 4.02. The molecule has 0 amide bonds. The quantitative estimate of drug-likeness (QED) is 0.301. The first-order chi connectivity index (χ1) is 11.5. The van der Waals surface area contributed by atoms with E-state index < -0.39 is 4.92 Å². The number of benzene rings is 1. The fourth-order valence-electron chi connectivity index (χ4n) is 2.17. The normalized spacial score (nSPS) is 11.0. The molecule has 0 aliphatic heterocycles. The lowest BCUT2D eigenvalue weighted by atomic mass is 10.2. The molecule has 0 atom stereocenters. The van der Waals surface area contributed by atoms with Crippen molar-refractivity contribution in [3.63, 3.8) is 0 Å². The number of nitrogens with zero attached hydrogens (tertiary/aromatic N) is 4. The van der Waals surface area contributed by atoms with Crippen molar-refractivity contribution in [1.29, 1.82) is 0 Å². The highest BCUT2D eigenvalue weighted by molar-refractivity contribution is 7.18. The van der Waals surface area contributed by atoms with Gasteiger partial charge in [0.1, 0.15) is 0 Å². The van der Waals surface area contributed by atoms with Crippen molar-refractivity contribution in [3.8, 4) is 0 Å². The fourth-order valence-corrected chi connectivity index (χ4v) is 3.01. The standard InChI is InChI=1S/C16H18N4O3S/c1-4-19(5-2)13-8-6-12(7-9-13)17-18-16-14(20(22)23)10-15(24-16)11(3)21/h6-10H,4-5H2,1-3H3. The van der Waals surface area contributed by atoms with Crippen LogP contribution in [0.4, 0.5) is 22.1 Å². The van der Waals surface area contributed by atoms with E-state index in [0.717, 1.165) is 30.1 Å². The highest BCUT2D eigenvalue weighted by Gasteiger charge is 2.20. The molecule has 2 rings (SSSR count). The first kappa shape index (κ1) is 17.7. The second-order valence-corrected chi connectivity index (χ2v) is 6.03. The summed E-state index contributed by atoms with van der Waals surface area (Å²) in [6.45, 7) is 7.35. The SMILES string of the molecule is CCN(CC)c1ccc(N=Nc2sc(C(C)=O)cc2[N+](=O)[O-])cc1. The number of anilines is 1. The fraction of sp³-hybridized carbons (Fsp3) is 0.312. The molecule has 0 radical (unpaired) electrons. The molecule has 1 heterocycles. The summed E-state index contributed by atoms with van der Waals surface area (Å²) >= 11 is 0.971. The minimum Gasteiger partial charge on any atom is -0.372 e. The molecule has 24 heavy (non-hydrogen) atoms. The van der Waals surface area contributed by atoms with Crippen LogP contribution in [-0.2, 0) is 0 Å². The van der Waals surface area contributed by atoms with Gasteiger partial charge in [-0.05, 0) is 45.0 Å². The second kappa shape index (κ2) is 7.78.